The van der Waals surface area contributed by atoms with Gasteiger partial charge in [-0.15, -0.1) is 0 Å². The van der Waals surface area contributed by atoms with E-state index in [9.17, 15) is 14.9 Å². The number of halogens is 1. The summed E-state index contributed by atoms with van der Waals surface area (Å²) in [5.41, 5.74) is 5.02. The molecule has 31 heavy (non-hydrogen) atoms. The van der Waals surface area contributed by atoms with Gasteiger partial charge in [-0.25, -0.2) is 9.97 Å². The number of nitro groups is 1. The lowest BCUT2D eigenvalue weighted by Gasteiger charge is -2.14. The predicted molar refractivity (Wildman–Crippen MR) is 114 cm³/mol. The number of nitrogens with zero attached hydrogens (tertiary/aromatic N) is 3. The van der Waals surface area contributed by atoms with Crippen LogP contribution in [0.1, 0.15) is 10.4 Å². The van der Waals surface area contributed by atoms with Gasteiger partial charge in [0.05, 0.1) is 29.9 Å². The van der Waals surface area contributed by atoms with Crippen LogP contribution in [0.3, 0.4) is 0 Å². The lowest BCUT2D eigenvalue weighted by molar-refractivity contribution is -0.383. The molecule has 0 spiro atoms. The van der Waals surface area contributed by atoms with Gasteiger partial charge in [0, 0.05) is 11.6 Å². The summed E-state index contributed by atoms with van der Waals surface area (Å²) in [6.07, 6.45) is 1.10. The van der Waals surface area contributed by atoms with E-state index in [0.717, 1.165) is 6.33 Å². The van der Waals surface area contributed by atoms with Gasteiger partial charge in [0.2, 0.25) is 11.6 Å². The monoisotopic (exact) mass is 444 g/mol. The van der Waals surface area contributed by atoms with Crippen LogP contribution in [-0.2, 0) is 0 Å². The standard InChI is InChI=1S/C19H17ClN6O5/c1-30-14-9-15(31-2)13(8-12(14)20)23-17-16(26(28)29)18(22-10-21-17)24-25-19(27)11-6-4-3-5-7-11/h3-10H,1-2H3,(H,25,27)(H2,21,22,23,24). The Kier molecular flexibility index (Phi) is 6.67. The van der Waals surface area contributed by atoms with E-state index in [4.69, 9.17) is 21.1 Å². The number of aromatic nitrogens is 2. The fourth-order valence-corrected chi connectivity index (χ4v) is 2.84. The number of rotatable bonds is 8. The quantitative estimate of drug-likeness (QED) is 0.351. The molecule has 3 N–H and O–H groups in total. The first-order chi connectivity index (χ1) is 14.9. The van der Waals surface area contributed by atoms with Crippen LogP contribution in [0.2, 0.25) is 5.02 Å². The number of amides is 1. The molecule has 3 rings (SSSR count). The van der Waals surface area contributed by atoms with Crippen molar-refractivity contribution in [2.45, 2.75) is 0 Å². The van der Waals surface area contributed by atoms with Gasteiger partial charge >= 0.3 is 5.69 Å². The normalized spacial score (nSPS) is 10.2. The molecule has 0 radical (unpaired) electrons. The summed E-state index contributed by atoms with van der Waals surface area (Å²) in [4.78, 5) is 31.1. The Morgan fingerprint density at radius 3 is 2.39 bits per heavy atom. The Balaban J connectivity index is 1.90. The highest BCUT2D eigenvalue weighted by Gasteiger charge is 2.25. The molecule has 0 saturated carbocycles. The molecule has 0 bridgehead atoms. The van der Waals surface area contributed by atoms with Crippen molar-refractivity contribution in [3.63, 3.8) is 0 Å². The number of hydrazine groups is 1. The molecule has 1 aromatic heterocycles. The van der Waals surface area contributed by atoms with Crippen LogP contribution in [0, 0.1) is 10.1 Å². The van der Waals surface area contributed by atoms with E-state index in [-0.39, 0.29) is 16.7 Å². The van der Waals surface area contributed by atoms with Gasteiger partial charge in [0.15, 0.2) is 0 Å². The summed E-state index contributed by atoms with van der Waals surface area (Å²) in [6.45, 7) is 0. The van der Waals surface area contributed by atoms with Gasteiger partial charge < -0.3 is 14.8 Å². The number of carbonyl (C=O) groups excluding carboxylic acids is 1. The Morgan fingerprint density at radius 2 is 1.74 bits per heavy atom. The third-order valence-electron chi connectivity index (χ3n) is 4.06. The second kappa shape index (κ2) is 9.59. The molecule has 1 amide bonds. The van der Waals surface area contributed by atoms with Crippen molar-refractivity contribution in [1.29, 1.82) is 0 Å². The number of nitrogens with one attached hydrogen (secondary N) is 3. The number of benzene rings is 2. The maximum atomic E-state index is 12.2. The number of carbonyl (C=O) groups is 1. The van der Waals surface area contributed by atoms with Gasteiger partial charge in [0.1, 0.15) is 17.8 Å². The zero-order valence-corrected chi connectivity index (χ0v) is 17.1. The SMILES string of the molecule is COc1cc(OC)c(Nc2ncnc(NNC(=O)c3ccccc3)c2[N+](=O)[O-])cc1Cl. The molecule has 160 valence electrons. The van der Waals surface area contributed by atoms with Crippen molar-refractivity contribution < 1.29 is 19.2 Å². The summed E-state index contributed by atoms with van der Waals surface area (Å²) in [5.74, 6) is -0.166. The summed E-state index contributed by atoms with van der Waals surface area (Å²) >= 11 is 6.15. The minimum atomic E-state index is -0.684. The van der Waals surface area contributed by atoms with Gasteiger partial charge in [-0.2, -0.15) is 0 Å². The Hall–Kier alpha value is -4.12. The zero-order chi connectivity index (χ0) is 22.4. The molecule has 11 nitrogen and oxygen atoms in total. The highest BCUT2D eigenvalue weighted by atomic mass is 35.5. The minimum Gasteiger partial charge on any atom is -0.495 e. The molecule has 0 unspecified atom stereocenters. The van der Waals surface area contributed by atoms with Gasteiger partial charge in [-0.3, -0.25) is 25.8 Å². The molecule has 1 heterocycles. The van der Waals surface area contributed by atoms with Gasteiger partial charge in [-0.05, 0) is 18.2 Å². The summed E-state index contributed by atoms with van der Waals surface area (Å²) < 4.78 is 10.4. The van der Waals surface area contributed by atoms with Crippen LogP contribution in [0.5, 0.6) is 11.5 Å². The molecular formula is C19H17ClN6O5. The zero-order valence-electron chi connectivity index (χ0n) is 16.4. The van der Waals surface area contributed by atoms with Crippen LogP contribution >= 0.6 is 11.6 Å². The molecule has 3 aromatic rings. The lowest BCUT2D eigenvalue weighted by Crippen LogP contribution is -2.30. The van der Waals surface area contributed by atoms with Gasteiger partial charge in [-0.1, -0.05) is 29.8 Å². The molecule has 0 aliphatic heterocycles. The fraction of sp³-hybridized carbons (Fsp3) is 0.105. The number of ether oxygens (including phenoxy) is 2. The van der Waals surface area contributed by atoms with Crippen LogP contribution in [0.25, 0.3) is 0 Å². The first-order valence-corrected chi connectivity index (χ1v) is 9.11. The molecular weight excluding hydrogens is 428 g/mol. The van der Waals surface area contributed by atoms with E-state index in [0.29, 0.717) is 22.7 Å². The summed E-state index contributed by atoms with van der Waals surface area (Å²) in [7, 11) is 2.87. The Labute approximate surface area is 181 Å². The highest BCUT2D eigenvalue weighted by molar-refractivity contribution is 6.32. The van der Waals surface area contributed by atoms with Crippen molar-refractivity contribution in [3.05, 3.63) is 69.5 Å². The maximum Gasteiger partial charge on any atom is 0.355 e. The van der Waals surface area contributed by atoms with Crippen LogP contribution < -0.4 is 25.6 Å². The fourth-order valence-electron chi connectivity index (χ4n) is 2.60. The first kappa shape index (κ1) is 21.6. The summed E-state index contributed by atoms with van der Waals surface area (Å²) in [6, 6.07) is 11.3. The smallest absolute Gasteiger partial charge is 0.355 e. The van der Waals surface area contributed by atoms with Crippen molar-refractivity contribution in [3.8, 4) is 11.5 Å². The number of anilines is 3. The van der Waals surface area contributed by atoms with E-state index >= 15 is 0 Å². The Bertz CT molecular complexity index is 1110. The second-order valence-corrected chi connectivity index (χ2v) is 6.34. The molecule has 2 aromatic carbocycles. The van der Waals surface area contributed by atoms with Crippen LogP contribution in [-0.4, -0.2) is 35.0 Å². The highest BCUT2D eigenvalue weighted by Crippen LogP contribution is 2.39. The minimum absolute atomic E-state index is 0.143. The van der Waals surface area contributed by atoms with E-state index in [2.05, 4.69) is 26.1 Å². The van der Waals surface area contributed by atoms with Crippen molar-refractivity contribution in [1.82, 2.24) is 15.4 Å². The average molecular weight is 445 g/mol. The molecule has 0 aliphatic rings. The summed E-state index contributed by atoms with van der Waals surface area (Å²) in [5, 5.41) is 14.8. The van der Waals surface area contributed by atoms with E-state index in [1.807, 2.05) is 0 Å². The maximum absolute atomic E-state index is 12.2. The van der Waals surface area contributed by atoms with Crippen LogP contribution in [0.4, 0.5) is 23.0 Å². The molecule has 0 atom stereocenters. The number of hydrogen-bond donors (Lipinski definition) is 3. The molecule has 0 saturated heterocycles. The van der Waals surface area contributed by atoms with E-state index in [1.165, 1.54) is 26.4 Å². The van der Waals surface area contributed by atoms with Crippen molar-refractivity contribution in [2.24, 2.45) is 0 Å². The molecule has 0 aliphatic carbocycles. The largest absolute Gasteiger partial charge is 0.495 e. The topological polar surface area (TPSA) is 141 Å². The van der Waals surface area contributed by atoms with E-state index < -0.39 is 16.5 Å². The van der Waals surface area contributed by atoms with Crippen molar-refractivity contribution >= 4 is 40.5 Å². The third-order valence-corrected chi connectivity index (χ3v) is 4.36. The number of methoxy groups -OCH3 is 2. The second-order valence-electron chi connectivity index (χ2n) is 5.93. The van der Waals surface area contributed by atoms with Crippen LogP contribution in [0.15, 0.2) is 48.8 Å². The number of hydrogen-bond acceptors (Lipinski definition) is 9. The van der Waals surface area contributed by atoms with E-state index in [1.54, 1.807) is 30.3 Å². The molecule has 0 fully saturated rings. The Morgan fingerprint density at radius 1 is 1.06 bits per heavy atom. The lowest BCUT2D eigenvalue weighted by atomic mass is 10.2. The van der Waals surface area contributed by atoms with Crippen molar-refractivity contribution in [2.75, 3.05) is 25.0 Å². The third kappa shape index (κ3) is 4.90. The molecule has 12 heteroatoms. The first-order valence-electron chi connectivity index (χ1n) is 8.74. The predicted octanol–water partition coefficient (Wildman–Crippen LogP) is 3.56. The average Bonchev–Trinajstić information content (AvgIpc) is 2.78. The van der Waals surface area contributed by atoms with Gasteiger partial charge in [0.25, 0.3) is 5.91 Å².